The van der Waals surface area contributed by atoms with Gasteiger partial charge in [-0.3, -0.25) is 0 Å². The van der Waals surface area contributed by atoms with Crippen LogP contribution in [0.2, 0.25) is 0 Å². The summed E-state index contributed by atoms with van der Waals surface area (Å²) >= 11 is 0. The number of hydrogen-bond acceptors (Lipinski definition) is 3. The summed E-state index contributed by atoms with van der Waals surface area (Å²) in [6.07, 6.45) is 0.369. The summed E-state index contributed by atoms with van der Waals surface area (Å²) in [5.41, 5.74) is 2.38. The first kappa shape index (κ1) is 14.3. The van der Waals surface area contributed by atoms with E-state index in [2.05, 4.69) is 24.3 Å². The normalized spacial score (nSPS) is 20.4. The first-order valence-electron chi connectivity index (χ1n) is 7.30. The van der Waals surface area contributed by atoms with Crippen LogP contribution in [0.4, 0.5) is 0 Å². The lowest BCUT2D eigenvalue weighted by Gasteiger charge is -2.03. The van der Waals surface area contributed by atoms with Crippen LogP contribution in [-0.4, -0.2) is 25.4 Å². The van der Waals surface area contributed by atoms with Crippen LogP contribution >= 0.6 is 0 Å². The van der Waals surface area contributed by atoms with Gasteiger partial charge in [-0.25, -0.2) is 0 Å². The van der Waals surface area contributed by atoms with E-state index in [0.29, 0.717) is 26.4 Å². The van der Waals surface area contributed by atoms with Gasteiger partial charge in [-0.1, -0.05) is 60.7 Å². The Morgan fingerprint density at radius 3 is 1.52 bits per heavy atom. The van der Waals surface area contributed by atoms with Gasteiger partial charge in [0, 0.05) is 0 Å². The summed E-state index contributed by atoms with van der Waals surface area (Å²) in [6.45, 7) is 2.54. The third-order valence-electron chi connectivity index (χ3n) is 3.47. The molecule has 0 spiro atoms. The van der Waals surface area contributed by atoms with Crippen molar-refractivity contribution in [3.63, 3.8) is 0 Å². The first-order chi connectivity index (χ1) is 10.4. The fraction of sp³-hybridized carbons (Fsp3) is 0.333. The van der Waals surface area contributed by atoms with E-state index >= 15 is 0 Å². The van der Waals surface area contributed by atoms with Crippen molar-refractivity contribution in [3.05, 3.63) is 71.8 Å². The molecule has 0 saturated carbocycles. The summed E-state index contributed by atoms with van der Waals surface area (Å²) < 4.78 is 16.9. The number of ether oxygens (including phenoxy) is 3. The molecule has 2 aromatic rings. The molecule has 1 heterocycles. The van der Waals surface area contributed by atoms with E-state index in [4.69, 9.17) is 14.2 Å². The SMILES string of the molecule is c1ccc(COC[C@@H]2O[C@H]2COCc2ccccc2)cc1. The predicted octanol–water partition coefficient (Wildman–Crippen LogP) is 3.19. The van der Waals surface area contributed by atoms with Gasteiger partial charge in [-0.15, -0.1) is 0 Å². The highest BCUT2D eigenvalue weighted by Crippen LogP contribution is 2.23. The molecule has 0 bridgehead atoms. The lowest BCUT2D eigenvalue weighted by Crippen LogP contribution is -2.09. The summed E-state index contributed by atoms with van der Waals surface area (Å²) in [6, 6.07) is 20.4. The lowest BCUT2D eigenvalue weighted by atomic mass is 10.2. The van der Waals surface area contributed by atoms with Crippen molar-refractivity contribution in [2.75, 3.05) is 13.2 Å². The van der Waals surface area contributed by atoms with Crippen molar-refractivity contribution in [2.45, 2.75) is 25.4 Å². The molecule has 1 aliphatic heterocycles. The van der Waals surface area contributed by atoms with E-state index in [1.165, 1.54) is 11.1 Å². The zero-order chi connectivity index (χ0) is 14.3. The molecule has 0 N–H and O–H groups in total. The van der Waals surface area contributed by atoms with Crippen molar-refractivity contribution < 1.29 is 14.2 Å². The molecule has 2 aromatic carbocycles. The summed E-state index contributed by atoms with van der Waals surface area (Å²) in [4.78, 5) is 0. The van der Waals surface area contributed by atoms with Gasteiger partial charge in [0.1, 0.15) is 12.2 Å². The van der Waals surface area contributed by atoms with Gasteiger partial charge in [0.25, 0.3) is 0 Å². The van der Waals surface area contributed by atoms with Gasteiger partial charge in [-0.05, 0) is 11.1 Å². The van der Waals surface area contributed by atoms with E-state index in [1.807, 2.05) is 36.4 Å². The second-order valence-electron chi connectivity index (χ2n) is 5.21. The van der Waals surface area contributed by atoms with Crippen LogP contribution in [0.1, 0.15) is 11.1 Å². The Morgan fingerprint density at radius 2 is 1.10 bits per heavy atom. The molecular formula is C18H20O3. The summed E-state index contributed by atoms with van der Waals surface area (Å²) in [5, 5.41) is 0. The first-order valence-corrected chi connectivity index (χ1v) is 7.30. The van der Waals surface area contributed by atoms with Crippen LogP contribution in [0.3, 0.4) is 0 Å². The summed E-state index contributed by atoms with van der Waals surface area (Å²) in [5.74, 6) is 0. The van der Waals surface area contributed by atoms with Gasteiger partial charge in [0.05, 0.1) is 26.4 Å². The molecule has 0 unspecified atom stereocenters. The molecule has 0 radical (unpaired) electrons. The molecular weight excluding hydrogens is 264 g/mol. The maximum Gasteiger partial charge on any atom is 0.110 e. The Hall–Kier alpha value is -1.68. The molecule has 1 fully saturated rings. The molecule has 1 saturated heterocycles. The van der Waals surface area contributed by atoms with E-state index in [1.54, 1.807) is 0 Å². The number of benzene rings is 2. The Morgan fingerprint density at radius 1 is 0.667 bits per heavy atom. The van der Waals surface area contributed by atoms with Crippen LogP contribution in [0.5, 0.6) is 0 Å². The molecule has 0 aliphatic carbocycles. The monoisotopic (exact) mass is 284 g/mol. The molecule has 3 heteroatoms. The molecule has 3 rings (SSSR count). The van der Waals surface area contributed by atoms with Gasteiger partial charge < -0.3 is 14.2 Å². The minimum Gasteiger partial charge on any atom is -0.374 e. The van der Waals surface area contributed by atoms with Crippen molar-refractivity contribution in [2.24, 2.45) is 0 Å². The summed E-state index contributed by atoms with van der Waals surface area (Å²) in [7, 11) is 0. The van der Waals surface area contributed by atoms with E-state index in [9.17, 15) is 0 Å². The topological polar surface area (TPSA) is 31.0 Å². The molecule has 2 atom stereocenters. The van der Waals surface area contributed by atoms with Gasteiger partial charge >= 0.3 is 0 Å². The second kappa shape index (κ2) is 7.36. The van der Waals surface area contributed by atoms with Crippen LogP contribution in [0.25, 0.3) is 0 Å². The van der Waals surface area contributed by atoms with E-state index in [0.717, 1.165) is 0 Å². The largest absolute Gasteiger partial charge is 0.374 e. The zero-order valence-corrected chi connectivity index (χ0v) is 12.0. The molecule has 0 aromatic heterocycles. The van der Waals surface area contributed by atoms with Gasteiger partial charge in [0.2, 0.25) is 0 Å². The fourth-order valence-electron chi connectivity index (χ4n) is 2.21. The molecule has 21 heavy (non-hydrogen) atoms. The van der Waals surface area contributed by atoms with Crippen molar-refractivity contribution >= 4 is 0 Å². The zero-order valence-electron chi connectivity index (χ0n) is 12.0. The third kappa shape index (κ3) is 4.67. The van der Waals surface area contributed by atoms with E-state index in [-0.39, 0.29) is 12.2 Å². The highest BCUT2D eigenvalue weighted by molar-refractivity contribution is 5.14. The Balaban J connectivity index is 1.27. The van der Waals surface area contributed by atoms with Crippen molar-refractivity contribution in [1.29, 1.82) is 0 Å². The number of epoxide rings is 1. The average Bonchev–Trinajstić information content (AvgIpc) is 3.28. The molecule has 110 valence electrons. The van der Waals surface area contributed by atoms with Crippen molar-refractivity contribution in [3.8, 4) is 0 Å². The maximum atomic E-state index is 5.66. The van der Waals surface area contributed by atoms with Crippen molar-refractivity contribution in [1.82, 2.24) is 0 Å². The highest BCUT2D eigenvalue weighted by Gasteiger charge is 2.38. The molecule has 3 nitrogen and oxygen atoms in total. The van der Waals surface area contributed by atoms with Gasteiger partial charge in [-0.2, -0.15) is 0 Å². The average molecular weight is 284 g/mol. The van der Waals surface area contributed by atoms with E-state index < -0.39 is 0 Å². The molecule has 0 amide bonds. The quantitative estimate of drug-likeness (QED) is 0.698. The second-order valence-corrected chi connectivity index (χ2v) is 5.21. The number of rotatable bonds is 8. The van der Waals surface area contributed by atoms with Crippen LogP contribution in [-0.2, 0) is 27.4 Å². The minimum atomic E-state index is 0.185. The minimum absolute atomic E-state index is 0.185. The lowest BCUT2D eigenvalue weighted by molar-refractivity contribution is 0.103. The van der Waals surface area contributed by atoms with Crippen LogP contribution in [0, 0.1) is 0 Å². The standard InChI is InChI=1S/C18H20O3/c1-3-7-15(8-4-1)11-19-13-17-18(21-17)14-20-12-16-9-5-2-6-10-16/h1-10,17-18H,11-14H2/t17-,18-/m0/s1. The Bertz CT molecular complexity index is 477. The highest BCUT2D eigenvalue weighted by atomic mass is 16.6. The smallest absolute Gasteiger partial charge is 0.110 e. The van der Waals surface area contributed by atoms with Crippen LogP contribution < -0.4 is 0 Å². The van der Waals surface area contributed by atoms with Gasteiger partial charge in [0.15, 0.2) is 0 Å². The predicted molar refractivity (Wildman–Crippen MR) is 80.9 cm³/mol. The fourth-order valence-corrected chi connectivity index (χ4v) is 2.21. The third-order valence-corrected chi connectivity index (χ3v) is 3.47. The maximum absolute atomic E-state index is 5.66. The Kier molecular flexibility index (Phi) is 5.00. The molecule has 1 aliphatic rings. The Labute approximate surface area is 125 Å². The number of hydrogen-bond donors (Lipinski definition) is 0. The van der Waals surface area contributed by atoms with Crippen LogP contribution in [0.15, 0.2) is 60.7 Å².